The lowest BCUT2D eigenvalue weighted by Crippen LogP contribution is -1.99. The number of hydrogen-bond donors (Lipinski definition) is 0. The molecule has 0 aliphatic rings. The van der Waals surface area contributed by atoms with Crippen molar-refractivity contribution in [2.45, 2.75) is 19.6 Å². The molecule has 16 heavy (non-hydrogen) atoms. The highest BCUT2D eigenvalue weighted by Crippen LogP contribution is 2.21. The normalized spacial score (nSPS) is 10.2. The molecular formula is C9H12ClNO4S. The van der Waals surface area contributed by atoms with Crippen molar-refractivity contribution in [2.24, 2.45) is 0 Å². The summed E-state index contributed by atoms with van der Waals surface area (Å²) in [6.45, 7) is 4.00. The Kier molecular flexibility index (Phi) is 5.98. The SMILES string of the molecule is CC.O=[N+]([O-])c1ccccc1CS(=O)(=O)Cl. The second kappa shape index (κ2) is 6.44. The number of hydrogen-bond acceptors (Lipinski definition) is 4. The minimum atomic E-state index is -3.77. The first-order chi connectivity index (χ1) is 7.40. The van der Waals surface area contributed by atoms with E-state index in [1.54, 1.807) is 0 Å². The second-order valence-corrected chi connectivity index (χ2v) is 5.35. The van der Waals surface area contributed by atoms with Gasteiger partial charge < -0.3 is 0 Å². The van der Waals surface area contributed by atoms with Crippen molar-refractivity contribution in [1.29, 1.82) is 0 Å². The summed E-state index contributed by atoms with van der Waals surface area (Å²) < 4.78 is 21.4. The van der Waals surface area contributed by atoms with Crippen LogP contribution >= 0.6 is 10.7 Å². The molecule has 0 unspecified atom stereocenters. The van der Waals surface area contributed by atoms with Crippen molar-refractivity contribution in [3.63, 3.8) is 0 Å². The van der Waals surface area contributed by atoms with Gasteiger partial charge in [-0.05, 0) is 0 Å². The van der Waals surface area contributed by atoms with E-state index in [0.29, 0.717) is 0 Å². The van der Waals surface area contributed by atoms with Gasteiger partial charge in [0.05, 0.1) is 10.7 Å². The number of rotatable bonds is 3. The quantitative estimate of drug-likeness (QED) is 0.478. The van der Waals surface area contributed by atoms with Crippen LogP contribution in [0.15, 0.2) is 24.3 Å². The molecule has 1 aromatic rings. The summed E-state index contributed by atoms with van der Waals surface area (Å²) in [6, 6.07) is 5.57. The van der Waals surface area contributed by atoms with Gasteiger partial charge in [0.15, 0.2) is 0 Å². The molecule has 5 nitrogen and oxygen atoms in total. The Morgan fingerprint density at radius 1 is 1.31 bits per heavy atom. The van der Waals surface area contributed by atoms with E-state index in [-0.39, 0.29) is 11.3 Å². The van der Waals surface area contributed by atoms with Crippen LogP contribution in [0.2, 0.25) is 0 Å². The second-order valence-electron chi connectivity index (χ2n) is 2.57. The first-order valence-corrected chi connectivity index (χ1v) is 7.02. The van der Waals surface area contributed by atoms with Gasteiger partial charge in [-0.15, -0.1) is 0 Å². The maximum Gasteiger partial charge on any atom is 0.273 e. The Balaban J connectivity index is 0.00000106. The fraction of sp³-hybridized carbons (Fsp3) is 0.333. The van der Waals surface area contributed by atoms with Crippen LogP contribution in [-0.4, -0.2) is 13.3 Å². The fourth-order valence-corrected chi connectivity index (χ4v) is 1.96. The largest absolute Gasteiger partial charge is 0.273 e. The molecule has 0 heterocycles. The van der Waals surface area contributed by atoms with Gasteiger partial charge in [0.2, 0.25) is 9.05 Å². The van der Waals surface area contributed by atoms with Gasteiger partial charge in [-0.2, -0.15) is 0 Å². The van der Waals surface area contributed by atoms with Gasteiger partial charge >= 0.3 is 0 Å². The maximum absolute atomic E-state index is 10.7. The Morgan fingerprint density at radius 2 is 1.81 bits per heavy atom. The number of para-hydroxylation sites is 1. The van der Waals surface area contributed by atoms with Crippen LogP contribution in [0.4, 0.5) is 5.69 Å². The molecule has 0 atom stereocenters. The smallest absolute Gasteiger partial charge is 0.258 e. The lowest BCUT2D eigenvalue weighted by molar-refractivity contribution is -0.385. The molecule has 0 amide bonds. The van der Waals surface area contributed by atoms with Crippen LogP contribution in [0.5, 0.6) is 0 Å². The minimum Gasteiger partial charge on any atom is -0.258 e. The minimum absolute atomic E-state index is 0.0903. The van der Waals surface area contributed by atoms with Crippen molar-refractivity contribution in [2.75, 3.05) is 0 Å². The number of benzene rings is 1. The molecule has 0 aliphatic carbocycles. The van der Waals surface area contributed by atoms with Gasteiger partial charge in [-0.3, -0.25) is 10.1 Å². The van der Waals surface area contributed by atoms with E-state index in [1.165, 1.54) is 24.3 Å². The molecular weight excluding hydrogens is 254 g/mol. The first-order valence-electron chi connectivity index (χ1n) is 4.55. The number of nitro groups is 1. The molecule has 0 aromatic heterocycles. The monoisotopic (exact) mass is 265 g/mol. The molecule has 0 N–H and O–H groups in total. The summed E-state index contributed by atoms with van der Waals surface area (Å²) in [5.74, 6) is -0.536. The molecule has 0 bridgehead atoms. The van der Waals surface area contributed by atoms with Gasteiger partial charge in [-0.1, -0.05) is 32.0 Å². The van der Waals surface area contributed by atoms with Crippen LogP contribution < -0.4 is 0 Å². The van der Waals surface area contributed by atoms with Crippen molar-refractivity contribution in [1.82, 2.24) is 0 Å². The molecule has 0 radical (unpaired) electrons. The first kappa shape index (κ1) is 14.9. The van der Waals surface area contributed by atoms with Crippen LogP contribution in [0, 0.1) is 10.1 Å². The van der Waals surface area contributed by atoms with E-state index in [9.17, 15) is 18.5 Å². The van der Waals surface area contributed by atoms with Crippen molar-refractivity contribution >= 4 is 25.4 Å². The molecule has 90 valence electrons. The van der Waals surface area contributed by atoms with Crippen LogP contribution in [-0.2, 0) is 14.8 Å². The van der Waals surface area contributed by atoms with E-state index in [2.05, 4.69) is 0 Å². The van der Waals surface area contributed by atoms with Crippen LogP contribution in [0.3, 0.4) is 0 Å². The fourth-order valence-electron chi connectivity index (χ4n) is 0.997. The molecule has 0 saturated carbocycles. The lowest BCUT2D eigenvalue weighted by atomic mass is 10.2. The molecule has 0 fully saturated rings. The Bertz CT molecular complexity index is 458. The molecule has 0 spiro atoms. The summed E-state index contributed by atoms with van der Waals surface area (Å²) in [7, 11) is 1.23. The third-order valence-electron chi connectivity index (χ3n) is 1.52. The van der Waals surface area contributed by atoms with E-state index >= 15 is 0 Å². The van der Waals surface area contributed by atoms with Crippen LogP contribution in [0.25, 0.3) is 0 Å². The number of halogens is 1. The van der Waals surface area contributed by atoms with E-state index < -0.39 is 19.7 Å². The van der Waals surface area contributed by atoms with Crippen molar-refractivity contribution in [3.8, 4) is 0 Å². The Labute approximate surface area is 98.6 Å². The lowest BCUT2D eigenvalue weighted by Gasteiger charge is -1.98. The van der Waals surface area contributed by atoms with Crippen LogP contribution in [0.1, 0.15) is 19.4 Å². The van der Waals surface area contributed by atoms with Gasteiger partial charge in [0, 0.05) is 22.3 Å². The summed E-state index contributed by atoms with van der Waals surface area (Å²) in [6.07, 6.45) is 0. The van der Waals surface area contributed by atoms with Gasteiger partial charge in [0.25, 0.3) is 5.69 Å². The zero-order valence-electron chi connectivity index (χ0n) is 8.88. The topological polar surface area (TPSA) is 77.3 Å². The molecule has 1 rings (SSSR count). The van der Waals surface area contributed by atoms with Gasteiger partial charge in [0.1, 0.15) is 0 Å². The highest BCUT2D eigenvalue weighted by molar-refractivity contribution is 8.13. The highest BCUT2D eigenvalue weighted by atomic mass is 35.7. The predicted molar refractivity (Wildman–Crippen MR) is 62.9 cm³/mol. The summed E-state index contributed by atoms with van der Waals surface area (Å²) >= 11 is 0. The molecule has 0 saturated heterocycles. The predicted octanol–water partition coefficient (Wildman–Crippen LogP) is 2.69. The van der Waals surface area contributed by atoms with Crippen molar-refractivity contribution < 1.29 is 13.3 Å². The average molecular weight is 266 g/mol. The zero-order chi connectivity index (χ0) is 12.8. The molecule has 7 heteroatoms. The molecule has 1 aromatic carbocycles. The summed E-state index contributed by atoms with van der Waals surface area (Å²) in [4.78, 5) is 9.83. The number of nitrogens with zero attached hydrogens (tertiary/aromatic N) is 1. The summed E-state index contributed by atoms with van der Waals surface area (Å²) in [5.41, 5.74) is -0.149. The van der Waals surface area contributed by atoms with E-state index in [1.807, 2.05) is 13.8 Å². The van der Waals surface area contributed by atoms with Gasteiger partial charge in [-0.25, -0.2) is 8.42 Å². The zero-order valence-corrected chi connectivity index (χ0v) is 10.5. The maximum atomic E-state index is 10.7. The Morgan fingerprint density at radius 3 is 2.25 bits per heavy atom. The van der Waals surface area contributed by atoms with E-state index in [4.69, 9.17) is 10.7 Å². The third-order valence-corrected chi connectivity index (χ3v) is 2.50. The van der Waals surface area contributed by atoms with E-state index in [0.717, 1.165) is 0 Å². The Hall–Kier alpha value is -1.14. The average Bonchev–Trinajstić information content (AvgIpc) is 2.19. The summed E-state index contributed by atoms with van der Waals surface area (Å²) in [5, 5.41) is 10.5. The van der Waals surface area contributed by atoms with Crippen molar-refractivity contribution in [3.05, 3.63) is 39.9 Å². The molecule has 0 aliphatic heterocycles. The third kappa shape index (κ3) is 5.09. The number of nitro benzene ring substituents is 1. The standard InChI is InChI=1S/C7H6ClNO4S.C2H6/c8-14(12,13)5-6-3-1-2-4-7(6)9(10)11;1-2/h1-4H,5H2;1-2H3. The highest BCUT2D eigenvalue weighted by Gasteiger charge is 2.17.